The van der Waals surface area contributed by atoms with Crippen LogP contribution in [0.4, 0.5) is 0 Å². The summed E-state index contributed by atoms with van der Waals surface area (Å²) in [5, 5.41) is 0. The van der Waals surface area contributed by atoms with E-state index in [1.54, 1.807) is 0 Å². The van der Waals surface area contributed by atoms with Gasteiger partial charge in [-0.25, -0.2) is 0 Å². The summed E-state index contributed by atoms with van der Waals surface area (Å²) in [5.74, 6) is 0. The van der Waals surface area contributed by atoms with Gasteiger partial charge in [-0.1, -0.05) is 60.7 Å². The average Bonchev–Trinajstić information content (AvgIpc) is 2.40. The number of benzene rings is 2. The summed E-state index contributed by atoms with van der Waals surface area (Å²) in [6.07, 6.45) is 2.26. The topological polar surface area (TPSA) is 0 Å². The fourth-order valence-corrected chi connectivity index (χ4v) is 1.58. The van der Waals surface area contributed by atoms with Gasteiger partial charge < -0.3 is 0 Å². The highest BCUT2D eigenvalue weighted by Gasteiger charge is 1.93. The second-order valence-corrected chi connectivity index (χ2v) is 6.20. The van der Waals surface area contributed by atoms with E-state index in [-0.39, 0.29) is 0 Å². The molecule has 0 aliphatic rings. The lowest BCUT2D eigenvalue weighted by Crippen LogP contribution is -1.89. The van der Waals surface area contributed by atoms with E-state index in [9.17, 15) is 0 Å². The van der Waals surface area contributed by atoms with E-state index in [1.165, 1.54) is 11.1 Å². The van der Waals surface area contributed by atoms with Crippen LogP contribution in [0.1, 0.15) is 11.1 Å². The van der Waals surface area contributed by atoms with Gasteiger partial charge in [0.2, 0.25) is 8.14 Å². The number of hydrogen-bond acceptors (Lipinski definition) is 0. The SMILES string of the molecule is Cl[SiH2]Cl.c1ccc(CCc2ccccc2)cc1. The summed E-state index contributed by atoms with van der Waals surface area (Å²) in [6.45, 7) is 0. The number of aryl methyl sites for hydroxylation is 2. The molecule has 0 aliphatic heterocycles. The van der Waals surface area contributed by atoms with Gasteiger partial charge in [0.05, 0.1) is 0 Å². The Hall–Kier alpha value is -0.763. The minimum atomic E-state index is -0.639. The molecule has 0 saturated carbocycles. The summed E-state index contributed by atoms with van der Waals surface area (Å²) in [6, 6.07) is 21.2. The summed E-state index contributed by atoms with van der Waals surface area (Å²) in [5.41, 5.74) is 2.83. The molecule has 0 bridgehead atoms. The zero-order valence-corrected chi connectivity index (χ0v) is 12.6. The first-order valence-electron chi connectivity index (χ1n) is 5.56. The van der Waals surface area contributed by atoms with E-state index in [0.717, 1.165) is 12.8 Å². The van der Waals surface area contributed by atoms with Crippen LogP contribution in [0.25, 0.3) is 0 Å². The smallest absolute Gasteiger partial charge is 0.155 e. The van der Waals surface area contributed by atoms with E-state index in [2.05, 4.69) is 60.7 Å². The third-order valence-corrected chi connectivity index (χ3v) is 2.39. The zero-order valence-electron chi connectivity index (χ0n) is 9.65. The van der Waals surface area contributed by atoms with E-state index in [4.69, 9.17) is 22.2 Å². The van der Waals surface area contributed by atoms with Crippen molar-refractivity contribution < 1.29 is 0 Å². The molecule has 2 aromatic rings. The molecule has 90 valence electrons. The number of rotatable bonds is 3. The summed E-state index contributed by atoms with van der Waals surface area (Å²) >= 11 is 9.81. The van der Waals surface area contributed by atoms with Crippen molar-refractivity contribution in [3.8, 4) is 0 Å². The van der Waals surface area contributed by atoms with E-state index in [1.807, 2.05) is 0 Å². The Labute approximate surface area is 115 Å². The van der Waals surface area contributed by atoms with Crippen LogP contribution in [0, 0.1) is 0 Å². The molecule has 0 radical (unpaired) electrons. The molecule has 0 aliphatic carbocycles. The summed E-state index contributed by atoms with van der Waals surface area (Å²) in [4.78, 5) is 0. The second kappa shape index (κ2) is 9.29. The van der Waals surface area contributed by atoms with Crippen molar-refractivity contribution in [2.45, 2.75) is 12.8 Å². The molecule has 0 nitrogen and oxygen atoms in total. The predicted molar refractivity (Wildman–Crippen MR) is 80.5 cm³/mol. The molecule has 0 aromatic heterocycles. The van der Waals surface area contributed by atoms with Crippen molar-refractivity contribution in [3.05, 3.63) is 71.8 Å². The quantitative estimate of drug-likeness (QED) is 0.591. The number of hydrogen-bond donors (Lipinski definition) is 0. The van der Waals surface area contributed by atoms with Gasteiger partial charge in [-0.15, -0.1) is 0 Å². The third-order valence-electron chi connectivity index (χ3n) is 2.39. The van der Waals surface area contributed by atoms with Crippen LogP contribution in [0.2, 0.25) is 0 Å². The Balaban J connectivity index is 0.000000437. The second-order valence-electron chi connectivity index (χ2n) is 3.57. The molecule has 0 N–H and O–H groups in total. The van der Waals surface area contributed by atoms with Crippen LogP contribution < -0.4 is 0 Å². The van der Waals surface area contributed by atoms with E-state index < -0.39 is 8.14 Å². The molecular formula is C14H16Cl2Si. The largest absolute Gasteiger partial charge is 0.222 e. The molecule has 0 atom stereocenters. The maximum Gasteiger partial charge on any atom is 0.222 e. The summed E-state index contributed by atoms with van der Waals surface area (Å²) in [7, 11) is -0.639. The van der Waals surface area contributed by atoms with Gasteiger partial charge in [-0.05, 0) is 24.0 Å². The average molecular weight is 283 g/mol. The normalized spacial score (nSPS) is 9.29. The predicted octanol–water partition coefficient (Wildman–Crippen LogP) is 3.93. The summed E-state index contributed by atoms with van der Waals surface area (Å²) < 4.78 is 0. The lowest BCUT2D eigenvalue weighted by atomic mass is 10.0. The molecule has 0 fully saturated rings. The van der Waals surface area contributed by atoms with Gasteiger partial charge in [-0.2, -0.15) is 22.2 Å². The lowest BCUT2D eigenvalue weighted by molar-refractivity contribution is 0.960. The van der Waals surface area contributed by atoms with Gasteiger partial charge in [0.1, 0.15) is 0 Å². The minimum absolute atomic E-state index is 0.639. The Bertz CT molecular complexity index is 350. The first-order valence-corrected chi connectivity index (χ1v) is 9.84. The van der Waals surface area contributed by atoms with E-state index in [0.29, 0.717) is 0 Å². The van der Waals surface area contributed by atoms with Crippen molar-refractivity contribution in [3.63, 3.8) is 0 Å². The molecule has 0 heterocycles. The maximum absolute atomic E-state index is 4.90. The van der Waals surface area contributed by atoms with Crippen molar-refractivity contribution >= 4 is 30.3 Å². The highest BCUT2D eigenvalue weighted by molar-refractivity contribution is 7.22. The van der Waals surface area contributed by atoms with Gasteiger partial charge in [0, 0.05) is 0 Å². The van der Waals surface area contributed by atoms with E-state index >= 15 is 0 Å². The fraction of sp³-hybridized carbons (Fsp3) is 0.143. The lowest BCUT2D eigenvalue weighted by Gasteiger charge is -2.01. The minimum Gasteiger partial charge on any atom is -0.155 e. The highest BCUT2D eigenvalue weighted by Crippen LogP contribution is 2.06. The Morgan fingerprint density at radius 1 is 0.647 bits per heavy atom. The fourth-order valence-electron chi connectivity index (χ4n) is 1.58. The first kappa shape index (κ1) is 14.3. The first-order chi connectivity index (χ1) is 8.36. The van der Waals surface area contributed by atoms with Crippen molar-refractivity contribution in [1.29, 1.82) is 0 Å². The van der Waals surface area contributed by atoms with Crippen LogP contribution >= 0.6 is 22.2 Å². The van der Waals surface area contributed by atoms with Gasteiger partial charge in [-0.3, -0.25) is 0 Å². The highest BCUT2D eigenvalue weighted by atomic mass is 35.7. The third kappa shape index (κ3) is 6.52. The maximum atomic E-state index is 4.90. The van der Waals surface area contributed by atoms with Crippen molar-refractivity contribution in [2.24, 2.45) is 0 Å². The molecular weight excluding hydrogens is 267 g/mol. The van der Waals surface area contributed by atoms with Gasteiger partial charge in [0.15, 0.2) is 0 Å². The van der Waals surface area contributed by atoms with Crippen LogP contribution in [0.5, 0.6) is 0 Å². The molecule has 2 rings (SSSR count). The van der Waals surface area contributed by atoms with Crippen LogP contribution in [0.3, 0.4) is 0 Å². The molecule has 0 unspecified atom stereocenters. The van der Waals surface area contributed by atoms with Gasteiger partial charge in [0.25, 0.3) is 0 Å². The molecule has 0 spiro atoms. The monoisotopic (exact) mass is 282 g/mol. The Morgan fingerprint density at radius 3 is 1.24 bits per heavy atom. The van der Waals surface area contributed by atoms with Crippen molar-refractivity contribution in [2.75, 3.05) is 0 Å². The molecule has 0 amide bonds. The molecule has 0 saturated heterocycles. The van der Waals surface area contributed by atoms with Crippen molar-refractivity contribution in [1.82, 2.24) is 0 Å². The Morgan fingerprint density at radius 2 is 0.941 bits per heavy atom. The molecule has 17 heavy (non-hydrogen) atoms. The Kier molecular flexibility index (Phi) is 7.81. The van der Waals surface area contributed by atoms with Crippen LogP contribution in [0.15, 0.2) is 60.7 Å². The standard InChI is InChI=1S/C14H14.Cl2H2Si/c1-3-7-13(8-4-1)11-12-14-9-5-2-6-10-14;1-3-2/h1-10H,11-12H2;3H2. The van der Waals surface area contributed by atoms with Gasteiger partial charge >= 0.3 is 0 Å². The van der Waals surface area contributed by atoms with Crippen LogP contribution in [-0.4, -0.2) is 8.14 Å². The zero-order chi connectivity index (χ0) is 12.3. The van der Waals surface area contributed by atoms with Crippen LogP contribution in [-0.2, 0) is 12.8 Å². The molecule has 2 aromatic carbocycles. The number of halogens is 2. The molecule has 3 heteroatoms.